The van der Waals surface area contributed by atoms with Crippen molar-refractivity contribution in [1.82, 2.24) is 10.2 Å². The Kier molecular flexibility index (Phi) is 6.31. The van der Waals surface area contributed by atoms with Crippen LogP contribution in [0.5, 0.6) is 0 Å². The molecule has 0 saturated heterocycles. The number of benzene rings is 1. The first kappa shape index (κ1) is 21.8. The number of aromatic nitrogens is 2. The van der Waals surface area contributed by atoms with Crippen molar-refractivity contribution < 1.29 is 9.53 Å². The third-order valence-electron chi connectivity index (χ3n) is 5.35. The second-order valence-electron chi connectivity index (χ2n) is 7.58. The number of nitrogens with zero attached hydrogens (tertiary/aromatic N) is 2. The first-order chi connectivity index (χ1) is 12.2. The average Bonchev–Trinajstić information content (AvgIpc) is 3.02. The normalized spacial score (nSPS) is 23.3. The van der Waals surface area contributed by atoms with Gasteiger partial charge in [0.25, 0.3) is 0 Å². The molecule has 0 spiro atoms. The molecule has 1 heterocycles. The molecule has 1 aliphatic rings. The lowest BCUT2D eigenvalue weighted by molar-refractivity contribution is -0.166. The number of hydrogen-bond acceptors (Lipinski definition) is 6. The third-order valence-corrected chi connectivity index (χ3v) is 6.24. The van der Waals surface area contributed by atoms with Crippen LogP contribution in [0.15, 0.2) is 18.2 Å². The maximum atomic E-state index is 12.8. The van der Waals surface area contributed by atoms with Gasteiger partial charge in [-0.15, -0.1) is 22.6 Å². The molecular formula is C19H27ClN4O2S. The highest BCUT2D eigenvalue weighted by Crippen LogP contribution is 2.50. The number of anilines is 1. The molecule has 1 aromatic heterocycles. The van der Waals surface area contributed by atoms with Crippen molar-refractivity contribution in [3.05, 3.63) is 29.3 Å². The lowest BCUT2D eigenvalue weighted by Gasteiger charge is -2.57. The van der Waals surface area contributed by atoms with Gasteiger partial charge in [-0.25, -0.2) is 0 Å². The van der Waals surface area contributed by atoms with Crippen LogP contribution in [0.2, 0.25) is 0 Å². The van der Waals surface area contributed by atoms with Crippen LogP contribution >= 0.6 is 23.7 Å². The van der Waals surface area contributed by atoms with Crippen LogP contribution in [0.25, 0.3) is 10.6 Å². The van der Waals surface area contributed by atoms with Gasteiger partial charge in [0.1, 0.15) is 10.5 Å². The molecule has 0 bridgehead atoms. The maximum Gasteiger partial charge on any atom is 0.247 e. The number of nitrogens with one attached hydrogen (secondary N) is 1. The molecule has 6 nitrogen and oxygen atoms in total. The summed E-state index contributed by atoms with van der Waals surface area (Å²) in [7, 11) is 0. The van der Waals surface area contributed by atoms with Crippen molar-refractivity contribution in [2.45, 2.75) is 52.7 Å². The fourth-order valence-corrected chi connectivity index (χ4v) is 4.24. The van der Waals surface area contributed by atoms with E-state index in [1.165, 1.54) is 22.5 Å². The molecule has 1 saturated carbocycles. The van der Waals surface area contributed by atoms with E-state index >= 15 is 0 Å². The fraction of sp³-hybridized carbons (Fsp3) is 0.526. The van der Waals surface area contributed by atoms with E-state index in [1.807, 2.05) is 34.6 Å². The Morgan fingerprint density at radius 2 is 1.93 bits per heavy atom. The minimum atomic E-state index is -0.974. The molecule has 0 radical (unpaired) electrons. The zero-order valence-electron chi connectivity index (χ0n) is 16.3. The second-order valence-corrected chi connectivity index (χ2v) is 8.56. The Hall–Kier alpha value is -1.54. The van der Waals surface area contributed by atoms with Gasteiger partial charge < -0.3 is 10.5 Å². The molecule has 1 aliphatic carbocycles. The van der Waals surface area contributed by atoms with E-state index < -0.39 is 11.0 Å². The van der Waals surface area contributed by atoms with E-state index in [2.05, 4.69) is 33.7 Å². The summed E-state index contributed by atoms with van der Waals surface area (Å²) < 4.78 is 5.69. The van der Waals surface area contributed by atoms with E-state index in [0.29, 0.717) is 18.2 Å². The van der Waals surface area contributed by atoms with Gasteiger partial charge in [0.15, 0.2) is 0 Å². The van der Waals surface area contributed by atoms with Crippen LogP contribution in [0.1, 0.15) is 38.3 Å². The largest absolute Gasteiger partial charge is 0.378 e. The van der Waals surface area contributed by atoms with Gasteiger partial charge in [0.2, 0.25) is 11.0 Å². The Morgan fingerprint density at radius 3 is 2.48 bits per heavy atom. The van der Waals surface area contributed by atoms with Crippen LogP contribution in [-0.4, -0.2) is 34.4 Å². The van der Waals surface area contributed by atoms with Gasteiger partial charge in [-0.05, 0) is 32.9 Å². The summed E-state index contributed by atoms with van der Waals surface area (Å²) in [6.45, 7) is 10.6. The molecule has 2 aromatic rings. The van der Waals surface area contributed by atoms with Crippen LogP contribution in [0.4, 0.5) is 5.13 Å². The summed E-state index contributed by atoms with van der Waals surface area (Å²) in [5, 5.41) is 12.4. The van der Waals surface area contributed by atoms with Gasteiger partial charge in [0.05, 0.1) is 6.10 Å². The number of carbonyl (C=O) groups excluding carboxylic acids is 1. The molecular weight excluding hydrogens is 384 g/mol. The molecule has 27 heavy (non-hydrogen) atoms. The minimum Gasteiger partial charge on any atom is -0.378 e. The highest BCUT2D eigenvalue weighted by atomic mass is 35.5. The van der Waals surface area contributed by atoms with Crippen molar-refractivity contribution in [2.75, 3.05) is 11.9 Å². The number of amides is 1. The van der Waals surface area contributed by atoms with Crippen LogP contribution < -0.4 is 11.1 Å². The van der Waals surface area contributed by atoms with E-state index in [-0.39, 0.29) is 24.4 Å². The van der Waals surface area contributed by atoms with Gasteiger partial charge >= 0.3 is 0 Å². The Bertz CT molecular complexity index is 819. The molecule has 1 aromatic carbocycles. The van der Waals surface area contributed by atoms with Crippen LogP contribution in [-0.2, 0) is 9.53 Å². The fourth-order valence-electron chi connectivity index (χ4n) is 3.52. The zero-order chi connectivity index (χ0) is 19.1. The predicted octanol–water partition coefficient (Wildman–Crippen LogP) is 3.71. The Balaban J connectivity index is 0.00000261. The van der Waals surface area contributed by atoms with Gasteiger partial charge in [-0.1, -0.05) is 42.4 Å². The van der Waals surface area contributed by atoms with Crippen LogP contribution in [0, 0.1) is 19.3 Å². The molecule has 3 rings (SSSR count). The zero-order valence-corrected chi connectivity index (χ0v) is 18.0. The molecule has 1 fully saturated rings. The summed E-state index contributed by atoms with van der Waals surface area (Å²) in [5.74, 6) is -0.235. The number of ether oxygens (including phenoxy) is 1. The summed E-state index contributed by atoms with van der Waals surface area (Å²) in [6.07, 6.45) is 0.492. The van der Waals surface area contributed by atoms with Crippen molar-refractivity contribution in [2.24, 2.45) is 11.1 Å². The van der Waals surface area contributed by atoms with Crippen LogP contribution in [0.3, 0.4) is 0 Å². The van der Waals surface area contributed by atoms with Gasteiger partial charge in [-0.3, -0.25) is 10.1 Å². The number of carbonyl (C=O) groups is 1. The molecule has 8 heteroatoms. The highest BCUT2D eigenvalue weighted by molar-refractivity contribution is 7.18. The molecule has 0 aliphatic heterocycles. The molecule has 3 N–H and O–H groups in total. The predicted molar refractivity (Wildman–Crippen MR) is 111 cm³/mol. The smallest absolute Gasteiger partial charge is 0.247 e. The Morgan fingerprint density at radius 1 is 1.30 bits per heavy atom. The molecule has 148 valence electrons. The van der Waals surface area contributed by atoms with E-state index in [9.17, 15) is 4.79 Å². The monoisotopic (exact) mass is 410 g/mol. The Labute approximate surface area is 170 Å². The number of nitrogens with two attached hydrogens (primary N) is 1. The number of aryl methyl sites for hydroxylation is 2. The molecule has 2 unspecified atom stereocenters. The minimum absolute atomic E-state index is 0. The highest BCUT2D eigenvalue weighted by Gasteiger charge is 2.63. The lowest BCUT2D eigenvalue weighted by atomic mass is 9.54. The first-order valence-corrected chi connectivity index (χ1v) is 9.63. The van der Waals surface area contributed by atoms with Gasteiger partial charge in [-0.2, -0.15) is 0 Å². The van der Waals surface area contributed by atoms with Crippen molar-refractivity contribution in [3.8, 4) is 10.6 Å². The molecule has 1 amide bonds. The topological polar surface area (TPSA) is 90.1 Å². The van der Waals surface area contributed by atoms with E-state index in [4.69, 9.17) is 10.5 Å². The quantitative estimate of drug-likeness (QED) is 0.783. The summed E-state index contributed by atoms with van der Waals surface area (Å²) in [4.78, 5) is 12.8. The number of hydrogen-bond donors (Lipinski definition) is 2. The van der Waals surface area contributed by atoms with Crippen molar-refractivity contribution >= 4 is 34.8 Å². The standard InChI is InChI=1S/C19H26N4O2S.ClH/c1-6-25-14-10-19(20,18(14,4)5)16(24)21-17-23-22-15(26-17)13-8-11(2)7-12(3)9-13;/h7-9,14H,6,10,20H2,1-5H3,(H,21,23,24);1H. The van der Waals surface area contributed by atoms with Gasteiger partial charge in [0, 0.05) is 24.0 Å². The SMILES string of the molecule is CCOC1CC(N)(C(=O)Nc2nnc(-c3cc(C)cc(C)c3)s2)C1(C)C.Cl. The third kappa shape index (κ3) is 3.87. The summed E-state index contributed by atoms with van der Waals surface area (Å²) >= 11 is 1.35. The maximum absolute atomic E-state index is 12.8. The lowest BCUT2D eigenvalue weighted by Crippen LogP contribution is -2.74. The van der Waals surface area contributed by atoms with Crippen molar-refractivity contribution in [1.29, 1.82) is 0 Å². The average molecular weight is 411 g/mol. The number of rotatable bonds is 5. The second kappa shape index (κ2) is 7.83. The number of halogens is 1. The van der Waals surface area contributed by atoms with E-state index in [0.717, 1.165) is 10.6 Å². The van der Waals surface area contributed by atoms with E-state index in [1.54, 1.807) is 0 Å². The van der Waals surface area contributed by atoms with Crippen molar-refractivity contribution in [3.63, 3.8) is 0 Å². The first-order valence-electron chi connectivity index (χ1n) is 8.81. The summed E-state index contributed by atoms with van der Waals surface area (Å²) in [5.41, 5.74) is 8.34. The molecule has 2 atom stereocenters. The summed E-state index contributed by atoms with van der Waals surface area (Å²) in [6, 6.07) is 6.23.